The lowest BCUT2D eigenvalue weighted by molar-refractivity contribution is -0.128. The van der Waals surface area contributed by atoms with E-state index in [9.17, 15) is 4.79 Å². The highest BCUT2D eigenvalue weighted by Crippen LogP contribution is 2.30. The number of anilines is 1. The van der Waals surface area contributed by atoms with Crippen molar-refractivity contribution >= 4 is 11.7 Å². The maximum atomic E-state index is 11.6. The summed E-state index contributed by atoms with van der Waals surface area (Å²) in [5.41, 5.74) is 3.43. The Balaban J connectivity index is 1.78. The topological polar surface area (TPSA) is 70.6 Å². The van der Waals surface area contributed by atoms with Crippen LogP contribution in [-0.2, 0) is 17.9 Å². The van der Waals surface area contributed by atoms with E-state index in [1.165, 1.54) is 5.56 Å². The van der Waals surface area contributed by atoms with Gasteiger partial charge in [0, 0.05) is 51.7 Å². The Morgan fingerprint density at radius 1 is 1.37 bits per heavy atom. The zero-order valence-corrected chi connectivity index (χ0v) is 18.7. The summed E-state index contributed by atoms with van der Waals surface area (Å²) in [5.74, 6) is 2.79. The Morgan fingerprint density at radius 2 is 2.17 bits per heavy atom. The zero-order chi connectivity index (χ0) is 21.7. The number of benzene rings is 1. The number of nitrogens with zero attached hydrogens (tertiary/aromatic N) is 4. The highest BCUT2D eigenvalue weighted by atomic mass is 16.5. The summed E-state index contributed by atoms with van der Waals surface area (Å²) in [6, 6.07) is 8.37. The number of carbonyl (C=O) groups is 1. The van der Waals surface area contributed by atoms with Gasteiger partial charge in [0.1, 0.15) is 17.4 Å². The summed E-state index contributed by atoms with van der Waals surface area (Å²) in [7, 11) is 5.38. The molecule has 0 spiro atoms. The van der Waals surface area contributed by atoms with Gasteiger partial charge in [0.15, 0.2) is 0 Å². The lowest BCUT2D eigenvalue weighted by Crippen LogP contribution is -2.34. The largest absolute Gasteiger partial charge is 0.496 e. The first-order valence-electron chi connectivity index (χ1n) is 10.5. The van der Waals surface area contributed by atoms with Gasteiger partial charge in [-0.3, -0.25) is 9.69 Å². The third-order valence-corrected chi connectivity index (χ3v) is 5.78. The number of rotatable bonds is 7. The number of para-hydroxylation sites is 1. The number of ether oxygens (including phenoxy) is 1. The molecule has 2 heterocycles. The number of aryl methyl sites for hydroxylation is 1. The van der Waals surface area contributed by atoms with E-state index >= 15 is 0 Å². The molecule has 7 nitrogen and oxygen atoms in total. The zero-order valence-electron chi connectivity index (χ0n) is 18.7. The minimum atomic E-state index is 0.00551. The van der Waals surface area contributed by atoms with Gasteiger partial charge in [-0.2, -0.15) is 0 Å². The lowest BCUT2D eigenvalue weighted by atomic mass is 9.93. The van der Waals surface area contributed by atoms with Crippen LogP contribution in [-0.4, -0.2) is 60.0 Å². The molecule has 1 aliphatic heterocycles. The minimum absolute atomic E-state index is 0.00551. The van der Waals surface area contributed by atoms with Crippen LogP contribution in [0.3, 0.4) is 0 Å². The SMILES string of the molecule is CNc1cc([C@H]2CCCN(Cc3cccc(C)c3OC)C2)nc(CN(C)C(C)=O)n1. The summed E-state index contributed by atoms with van der Waals surface area (Å²) < 4.78 is 5.64. The molecule has 0 aliphatic carbocycles. The minimum Gasteiger partial charge on any atom is -0.496 e. The van der Waals surface area contributed by atoms with E-state index in [1.807, 2.05) is 13.1 Å². The quantitative estimate of drug-likeness (QED) is 0.755. The van der Waals surface area contributed by atoms with Gasteiger partial charge in [0.05, 0.1) is 19.3 Å². The summed E-state index contributed by atoms with van der Waals surface area (Å²) in [6.45, 7) is 6.93. The van der Waals surface area contributed by atoms with Crippen molar-refractivity contribution in [2.24, 2.45) is 0 Å². The molecule has 1 aliphatic rings. The molecule has 1 saturated heterocycles. The molecule has 1 fully saturated rings. The van der Waals surface area contributed by atoms with Crippen LogP contribution in [0.4, 0.5) is 5.82 Å². The summed E-state index contributed by atoms with van der Waals surface area (Å²) in [5, 5.41) is 3.14. The van der Waals surface area contributed by atoms with Crippen LogP contribution in [0.15, 0.2) is 24.3 Å². The van der Waals surface area contributed by atoms with Crippen molar-refractivity contribution in [2.75, 3.05) is 39.6 Å². The van der Waals surface area contributed by atoms with Gasteiger partial charge in [-0.25, -0.2) is 9.97 Å². The van der Waals surface area contributed by atoms with E-state index in [2.05, 4.69) is 40.3 Å². The summed E-state index contributed by atoms with van der Waals surface area (Å²) in [4.78, 5) is 25.1. The van der Waals surface area contributed by atoms with Gasteiger partial charge in [-0.1, -0.05) is 18.2 Å². The lowest BCUT2D eigenvalue weighted by Gasteiger charge is -2.33. The number of nitrogens with one attached hydrogen (secondary N) is 1. The van der Waals surface area contributed by atoms with Crippen LogP contribution in [0, 0.1) is 6.92 Å². The van der Waals surface area contributed by atoms with E-state index in [0.717, 1.165) is 55.3 Å². The number of methoxy groups -OCH3 is 1. The average Bonchev–Trinajstić information content (AvgIpc) is 2.73. The van der Waals surface area contributed by atoms with Crippen LogP contribution < -0.4 is 10.1 Å². The Labute approximate surface area is 179 Å². The first-order chi connectivity index (χ1) is 14.4. The molecule has 1 amide bonds. The molecule has 0 saturated carbocycles. The Kier molecular flexibility index (Phi) is 7.26. The predicted molar refractivity (Wildman–Crippen MR) is 119 cm³/mol. The number of piperidine rings is 1. The highest BCUT2D eigenvalue weighted by molar-refractivity contribution is 5.72. The van der Waals surface area contributed by atoms with E-state index in [4.69, 9.17) is 9.72 Å². The smallest absolute Gasteiger partial charge is 0.219 e. The molecule has 1 atom stereocenters. The molecule has 7 heteroatoms. The van der Waals surface area contributed by atoms with Gasteiger partial charge in [-0.15, -0.1) is 0 Å². The number of likely N-dealkylation sites (tertiary alicyclic amines) is 1. The first-order valence-corrected chi connectivity index (χ1v) is 10.5. The normalized spacial score (nSPS) is 16.9. The van der Waals surface area contributed by atoms with Gasteiger partial charge >= 0.3 is 0 Å². The second-order valence-corrected chi connectivity index (χ2v) is 8.06. The fraction of sp³-hybridized carbons (Fsp3) is 0.522. The van der Waals surface area contributed by atoms with Crippen LogP contribution in [0.5, 0.6) is 5.75 Å². The number of amides is 1. The molecule has 0 bridgehead atoms. The van der Waals surface area contributed by atoms with Crippen molar-refractivity contribution in [2.45, 2.75) is 45.7 Å². The number of hydrogen-bond donors (Lipinski definition) is 1. The van der Waals surface area contributed by atoms with Crippen LogP contribution in [0.25, 0.3) is 0 Å². The van der Waals surface area contributed by atoms with Gasteiger partial charge in [0.25, 0.3) is 0 Å². The van der Waals surface area contributed by atoms with E-state index < -0.39 is 0 Å². The number of hydrogen-bond acceptors (Lipinski definition) is 6. The van der Waals surface area contributed by atoms with Crippen molar-refractivity contribution < 1.29 is 9.53 Å². The third-order valence-electron chi connectivity index (χ3n) is 5.78. The Morgan fingerprint density at radius 3 is 2.87 bits per heavy atom. The summed E-state index contributed by atoms with van der Waals surface area (Å²) in [6.07, 6.45) is 2.23. The molecule has 1 aromatic carbocycles. The highest BCUT2D eigenvalue weighted by Gasteiger charge is 2.24. The van der Waals surface area contributed by atoms with Crippen molar-refractivity contribution in [3.8, 4) is 5.75 Å². The van der Waals surface area contributed by atoms with Gasteiger partial charge in [0.2, 0.25) is 5.91 Å². The molecule has 1 N–H and O–H groups in total. The molecule has 0 radical (unpaired) electrons. The maximum Gasteiger partial charge on any atom is 0.219 e. The molecule has 2 aromatic rings. The van der Waals surface area contributed by atoms with Gasteiger partial charge in [-0.05, 0) is 31.9 Å². The monoisotopic (exact) mass is 411 g/mol. The fourth-order valence-corrected chi connectivity index (χ4v) is 4.06. The molecule has 162 valence electrons. The van der Waals surface area contributed by atoms with Crippen LogP contribution in [0.1, 0.15) is 48.3 Å². The van der Waals surface area contributed by atoms with Crippen molar-refractivity contribution in [3.63, 3.8) is 0 Å². The number of carbonyl (C=O) groups excluding carboxylic acids is 1. The van der Waals surface area contributed by atoms with E-state index in [0.29, 0.717) is 18.3 Å². The third kappa shape index (κ3) is 5.27. The molecular formula is C23H33N5O2. The molecule has 0 unspecified atom stereocenters. The van der Waals surface area contributed by atoms with Crippen LogP contribution in [0.2, 0.25) is 0 Å². The van der Waals surface area contributed by atoms with Crippen LogP contribution >= 0.6 is 0 Å². The predicted octanol–water partition coefficient (Wildman–Crippen LogP) is 3.19. The van der Waals surface area contributed by atoms with Crippen molar-refractivity contribution in [3.05, 3.63) is 46.9 Å². The Bertz CT molecular complexity index is 886. The average molecular weight is 412 g/mol. The van der Waals surface area contributed by atoms with E-state index in [1.54, 1.807) is 26.0 Å². The standard InChI is InChI=1S/C23H33N5O2/c1-16-8-6-9-19(23(16)30-5)14-28-11-7-10-18(13-28)20-12-21(24-3)26-22(25-20)15-27(4)17(2)29/h6,8-9,12,18H,7,10-11,13-15H2,1-5H3,(H,24,25,26)/t18-/m0/s1. The maximum absolute atomic E-state index is 11.6. The summed E-state index contributed by atoms with van der Waals surface area (Å²) >= 11 is 0. The molecule has 1 aromatic heterocycles. The Hall–Kier alpha value is -2.67. The van der Waals surface area contributed by atoms with Crippen molar-refractivity contribution in [1.82, 2.24) is 19.8 Å². The molecular weight excluding hydrogens is 378 g/mol. The second kappa shape index (κ2) is 9.89. The molecule has 30 heavy (non-hydrogen) atoms. The second-order valence-electron chi connectivity index (χ2n) is 8.06. The van der Waals surface area contributed by atoms with Gasteiger partial charge < -0.3 is 15.0 Å². The van der Waals surface area contributed by atoms with E-state index in [-0.39, 0.29) is 5.91 Å². The fourth-order valence-electron chi connectivity index (χ4n) is 4.06. The number of aromatic nitrogens is 2. The first kappa shape index (κ1) is 22.0. The van der Waals surface area contributed by atoms with Crippen molar-refractivity contribution in [1.29, 1.82) is 0 Å². The molecule has 3 rings (SSSR count).